The summed E-state index contributed by atoms with van der Waals surface area (Å²) in [4.78, 5) is 36.4. The molecule has 1 N–H and O–H groups in total. The number of carbonyl (C=O) groups is 2. The van der Waals surface area contributed by atoms with Gasteiger partial charge in [-0.3, -0.25) is 23.7 Å². The van der Waals surface area contributed by atoms with E-state index in [0.29, 0.717) is 25.3 Å². The van der Waals surface area contributed by atoms with Crippen LogP contribution in [0, 0.1) is 5.41 Å². The van der Waals surface area contributed by atoms with Gasteiger partial charge in [0.1, 0.15) is 5.41 Å². The second kappa shape index (κ2) is 12.8. The zero-order valence-electron chi connectivity index (χ0n) is 23.4. The lowest BCUT2D eigenvalue weighted by Gasteiger charge is -2.27. The third-order valence-electron chi connectivity index (χ3n) is 7.37. The number of benzene rings is 2. The molecule has 9 nitrogen and oxygen atoms in total. The Morgan fingerprint density at radius 2 is 1.73 bits per heavy atom. The highest BCUT2D eigenvalue weighted by molar-refractivity contribution is 7.77. The predicted octanol–water partition coefficient (Wildman–Crippen LogP) is 3.57. The zero-order valence-corrected chi connectivity index (χ0v) is 24.2. The van der Waals surface area contributed by atoms with Crippen LogP contribution in [-0.4, -0.2) is 50.6 Å². The number of anilines is 2. The number of amides is 2. The number of fused-ring (bicyclic) bond motifs is 1. The van der Waals surface area contributed by atoms with Crippen LogP contribution in [0.1, 0.15) is 43.0 Å². The molecular formula is C30H36N5O4S-. The normalized spacial score (nSPS) is 15.8. The fraction of sp³-hybridized carbons (Fsp3) is 0.367. The predicted molar refractivity (Wildman–Crippen MR) is 156 cm³/mol. The van der Waals surface area contributed by atoms with Gasteiger partial charge >= 0.3 is 0 Å². The molecule has 0 aliphatic carbocycles. The van der Waals surface area contributed by atoms with E-state index < -0.39 is 16.7 Å². The van der Waals surface area contributed by atoms with Crippen LogP contribution in [0.15, 0.2) is 67.0 Å². The van der Waals surface area contributed by atoms with Crippen molar-refractivity contribution in [1.29, 1.82) is 0 Å². The van der Waals surface area contributed by atoms with Gasteiger partial charge in [-0.25, -0.2) is 4.72 Å². The highest BCUT2D eigenvalue weighted by Gasteiger charge is 2.45. The maximum absolute atomic E-state index is 13.3. The van der Waals surface area contributed by atoms with Crippen LogP contribution in [0.2, 0.25) is 0 Å². The SMILES string of the molecule is CCN1C(=O)C(C)(C)C(=O)N(C)c2cc(CN(CCc3cccnc3)Cc3ccccc3CNS(=O)[O-])ccc21. The Hall–Kier alpha value is -3.44. The van der Waals surface area contributed by atoms with Gasteiger partial charge in [-0.15, -0.1) is 0 Å². The highest BCUT2D eigenvalue weighted by atomic mass is 32.2. The van der Waals surface area contributed by atoms with Gasteiger partial charge in [-0.1, -0.05) is 36.4 Å². The van der Waals surface area contributed by atoms with Gasteiger partial charge in [0.25, 0.3) is 0 Å². The maximum atomic E-state index is 13.3. The Morgan fingerprint density at radius 1 is 0.975 bits per heavy atom. The van der Waals surface area contributed by atoms with Crippen molar-refractivity contribution in [3.8, 4) is 0 Å². The number of pyridine rings is 1. The molecule has 0 spiro atoms. The van der Waals surface area contributed by atoms with E-state index in [1.807, 2.05) is 67.7 Å². The summed E-state index contributed by atoms with van der Waals surface area (Å²) in [5.41, 5.74) is 4.33. The number of rotatable bonds is 11. The average molecular weight is 563 g/mol. The summed E-state index contributed by atoms with van der Waals surface area (Å²) in [6.07, 6.45) is 4.40. The topological polar surface area (TPSA) is 109 Å². The number of nitrogens with zero attached hydrogens (tertiary/aromatic N) is 4. The average Bonchev–Trinajstić information content (AvgIpc) is 3.00. The summed E-state index contributed by atoms with van der Waals surface area (Å²) < 4.78 is 24.7. The van der Waals surface area contributed by atoms with E-state index in [2.05, 4.69) is 14.6 Å². The summed E-state index contributed by atoms with van der Waals surface area (Å²) >= 11 is -2.35. The van der Waals surface area contributed by atoms with Crippen LogP contribution in [0.25, 0.3) is 0 Å². The summed E-state index contributed by atoms with van der Waals surface area (Å²) in [6, 6.07) is 17.7. The van der Waals surface area contributed by atoms with E-state index in [1.54, 1.807) is 36.9 Å². The number of aromatic nitrogens is 1. The summed E-state index contributed by atoms with van der Waals surface area (Å²) in [6.45, 7) is 7.88. The summed E-state index contributed by atoms with van der Waals surface area (Å²) in [5, 5.41) is 0. The van der Waals surface area contributed by atoms with Gasteiger partial charge in [0.15, 0.2) is 0 Å². The molecule has 1 aliphatic rings. The zero-order chi connectivity index (χ0) is 28.9. The lowest BCUT2D eigenvalue weighted by Crippen LogP contribution is -2.47. The first-order chi connectivity index (χ1) is 19.1. The van der Waals surface area contributed by atoms with Crippen molar-refractivity contribution in [2.24, 2.45) is 5.41 Å². The van der Waals surface area contributed by atoms with E-state index in [-0.39, 0.29) is 18.4 Å². The van der Waals surface area contributed by atoms with E-state index in [4.69, 9.17) is 0 Å². The molecule has 4 rings (SSSR count). The van der Waals surface area contributed by atoms with Crippen LogP contribution in [0.4, 0.5) is 11.4 Å². The Morgan fingerprint density at radius 3 is 2.40 bits per heavy atom. The monoisotopic (exact) mass is 562 g/mol. The molecule has 0 saturated heterocycles. The number of hydrogen-bond acceptors (Lipinski definition) is 6. The van der Waals surface area contributed by atoms with E-state index in [1.165, 1.54) is 0 Å². The Balaban J connectivity index is 1.65. The number of hydrogen-bond donors (Lipinski definition) is 1. The molecule has 1 aromatic heterocycles. The third kappa shape index (κ3) is 6.64. The lowest BCUT2D eigenvalue weighted by atomic mass is 9.90. The second-order valence-corrected chi connectivity index (χ2v) is 11.3. The Kier molecular flexibility index (Phi) is 9.47. The molecule has 0 radical (unpaired) electrons. The smallest absolute Gasteiger partial charge is 0.242 e. The molecule has 2 heterocycles. The van der Waals surface area contributed by atoms with E-state index in [9.17, 15) is 18.4 Å². The molecule has 1 atom stereocenters. The van der Waals surface area contributed by atoms with Crippen molar-refractivity contribution in [3.05, 3.63) is 89.2 Å². The minimum absolute atomic E-state index is 0.208. The van der Waals surface area contributed by atoms with E-state index in [0.717, 1.165) is 40.9 Å². The minimum atomic E-state index is -2.35. The molecule has 0 bridgehead atoms. The van der Waals surface area contributed by atoms with Crippen molar-refractivity contribution in [1.82, 2.24) is 14.6 Å². The van der Waals surface area contributed by atoms with Crippen LogP contribution < -0.4 is 14.5 Å². The van der Waals surface area contributed by atoms with Crippen molar-refractivity contribution in [3.63, 3.8) is 0 Å². The Bertz CT molecular complexity index is 1380. The van der Waals surface area contributed by atoms with Gasteiger partial charge in [-0.05, 0) is 67.6 Å². The summed E-state index contributed by atoms with van der Waals surface area (Å²) in [7, 11) is 1.72. The van der Waals surface area contributed by atoms with Crippen molar-refractivity contribution < 1.29 is 18.4 Å². The Labute approximate surface area is 238 Å². The second-order valence-electron chi connectivity index (χ2n) is 10.5. The number of carbonyl (C=O) groups excluding carboxylic acids is 2. The largest absolute Gasteiger partial charge is 0.760 e. The molecule has 212 valence electrons. The lowest BCUT2D eigenvalue weighted by molar-refractivity contribution is -0.137. The number of nitrogens with one attached hydrogen (secondary N) is 1. The molecule has 2 aromatic carbocycles. The molecule has 0 fully saturated rings. The first kappa shape index (κ1) is 29.5. The maximum Gasteiger partial charge on any atom is 0.242 e. The van der Waals surface area contributed by atoms with Gasteiger partial charge in [0, 0.05) is 63.4 Å². The van der Waals surface area contributed by atoms with Gasteiger partial charge in [-0.2, -0.15) is 0 Å². The first-order valence-corrected chi connectivity index (χ1v) is 14.4. The fourth-order valence-corrected chi connectivity index (χ4v) is 5.39. The standard InChI is InChI=1S/C30H37N5O4S/c1-5-35-26-13-12-23(17-27(26)33(4)28(36)30(2,3)29(35)37)20-34(16-14-22-9-8-15-31-18-22)21-25-11-7-6-10-24(25)19-32-40(38)39/h6-13,15,17-18,32H,5,14,16,19-21H2,1-4H3,(H,38,39)/p-1. The molecule has 3 aromatic rings. The molecule has 1 aliphatic heterocycles. The van der Waals surface area contributed by atoms with E-state index >= 15 is 0 Å². The first-order valence-electron chi connectivity index (χ1n) is 13.4. The molecule has 0 saturated carbocycles. The van der Waals surface area contributed by atoms with Crippen LogP contribution >= 0.6 is 0 Å². The van der Waals surface area contributed by atoms with Crippen LogP contribution in [0.3, 0.4) is 0 Å². The molecule has 10 heteroatoms. The molecular weight excluding hydrogens is 526 g/mol. The highest BCUT2D eigenvalue weighted by Crippen LogP contribution is 2.39. The molecule has 2 amide bonds. The quantitative estimate of drug-likeness (QED) is 0.283. The van der Waals surface area contributed by atoms with Crippen LogP contribution in [0.5, 0.6) is 0 Å². The van der Waals surface area contributed by atoms with Crippen molar-refractivity contribution in [2.75, 3.05) is 29.9 Å². The van der Waals surface area contributed by atoms with Gasteiger partial charge in [0.05, 0.1) is 11.4 Å². The minimum Gasteiger partial charge on any atom is -0.760 e. The van der Waals surface area contributed by atoms with Crippen molar-refractivity contribution in [2.45, 2.75) is 46.8 Å². The van der Waals surface area contributed by atoms with Gasteiger partial charge < -0.3 is 14.4 Å². The third-order valence-corrected chi connectivity index (χ3v) is 7.75. The molecule has 1 unspecified atom stereocenters. The van der Waals surface area contributed by atoms with Crippen molar-refractivity contribution >= 4 is 34.5 Å². The van der Waals surface area contributed by atoms with Gasteiger partial charge in [0.2, 0.25) is 11.8 Å². The fourth-order valence-electron chi connectivity index (χ4n) is 5.11. The summed E-state index contributed by atoms with van der Waals surface area (Å²) in [5.74, 6) is -0.446. The van der Waals surface area contributed by atoms with Crippen LogP contribution in [-0.2, 0) is 46.9 Å². The molecule has 40 heavy (non-hydrogen) atoms.